The van der Waals surface area contributed by atoms with Gasteiger partial charge in [-0.15, -0.1) is 11.3 Å². The van der Waals surface area contributed by atoms with E-state index >= 15 is 0 Å². The first-order valence-electron chi connectivity index (χ1n) is 5.80. The van der Waals surface area contributed by atoms with E-state index in [0.717, 1.165) is 10.8 Å². The summed E-state index contributed by atoms with van der Waals surface area (Å²) in [5, 5.41) is 0.901. The molecule has 3 nitrogen and oxygen atoms in total. The van der Waals surface area contributed by atoms with Crippen LogP contribution in [0.15, 0.2) is 30.5 Å². The molecule has 1 aromatic heterocycles. The van der Waals surface area contributed by atoms with Gasteiger partial charge in [0.2, 0.25) is 5.78 Å². The molecule has 18 heavy (non-hydrogen) atoms. The van der Waals surface area contributed by atoms with E-state index in [0.29, 0.717) is 10.4 Å². The zero-order valence-corrected chi connectivity index (χ0v) is 11.5. The van der Waals surface area contributed by atoms with E-state index in [-0.39, 0.29) is 11.9 Å². The highest BCUT2D eigenvalue weighted by molar-refractivity contribution is 7.13. The Kier molecular flexibility index (Phi) is 3.77. The van der Waals surface area contributed by atoms with Gasteiger partial charge in [-0.05, 0) is 45.0 Å². The van der Waals surface area contributed by atoms with Crippen molar-refractivity contribution in [2.45, 2.75) is 26.9 Å². The quantitative estimate of drug-likeness (QED) is 0.791. The largest absolute Gasteiger partial charge is 0.491 e. The summed E-state index contributed by atoms with van der Waals surface area (Å²) in [5.41, 5.74) is 0.662. The summed E-state index contributed by atoms with van der Waals surface area (Å²) in [5.74, 6) is 0.790. The summed E-state index contributed by atoms with van der Waals surface area (Å²) in [6.45, 7) is 5.83. The first kappa shape index (κ1) is 12.8. The second-order valence-electron chi connectivity index (χ2n) is 4.26. The molecule has 0 amide bonds. The fourth-order valence-corrected chi connectivity index (χ4v) is 2.31. The molecule has 2 aromatic rings. The SMILES string of the molecule is Cc1ncc(C(=O)c2ccc(OC(C)C)cc2)s1. The van der Waals surface area contributed by atoms with Gasteiger partial charge in [0.25, 0.3) is 0 Å². The Morgan fingerprint density at radius 3 is 2.44 bits per heavy atom. The Labute approximate surface area is 110 Å². The number of thiazole rings is 1. The van der Waals surface area contributed by atoms with Crippen molar-refractivity contribution in [2.24, 2.45) is 0 Å². The van der Waals surface area contributed by atoms with Crippen molar-refractivity contribution in [3.63, 3.8) is 0 Å². The third-order valence-electron chi connectivity index (χ3n) is 2.33. The Morgan fingerprint density at radius 2 is 1.94 bits per heavy atom. The van der Waals surface area contributed by atoms with Crippen LogP contribution in [0.5, 0.6) is 5.75 Å². The van der Waals surface area contributed by atoms with Crippen molar-refractivity contribution in [1.82, 2.24) is 4.98 Å². The molecule has 0 saturated heterocycles. The highest BCUT2D eigenvalue weighted by Gasteiger charge is 2.12. The minimum absolute atomic E-state index is 0.0108. The number of rotatable bonds is 4. The third-order valence-corrected chi connectivity index (χ3v) is 3.24. The molecular weight excluding hydrogens is 246 g/mol. The van der Waals surface area contributed by atoms with Crippen molar-refractivity contribution >= 4 is 17.1 Å². The van der Waals surface area contributed by atoms with E-state index < -0.39 is 0 Å². The minimum Gasteiger partial charge on any atom is -0.491 e. The topological polar surface area (TPSA) is 39.2 Å². The second-order valence-corrected chi connectivity index (χ2v) is 5.50. The normalized spacial score (nSPS) is 10.7. The summed E-state index contributed by atoms with van der Waals surface area (Å²) in [7, 11) is 0. The number of carbonyl (C=O) groups excluding carboxylic acids is 1. The maximum absolute atomic E-state index is 12.1. The number of hydrogen-bond donors (Lipinski definition) is 0. The molecule has 0 saturated carbocycles. The van der Waals surface area contributed by atoms with Crippen LogP contribution in [0.4, 0.5) is 0 Å². The summed E-state index contributed by atoms with van der Waals surface area (Å²) in [4.78, 5) is 16.9. The van der Waals surface area contributed by atoms with Gasteiger partial charge in [-0.25, -0.2) is 4.98 Å². The van der Waals surface area contributed by atoms with Crippen LogP contribution in [0, 0.1) is 6.92 Å². The van der Waals surface area contributed by atoms with Gasteiger partial charge in [-0.3, -0.25) is 4.79 Å². The molecule has 0 N–H and O–H groups in total. The lowest BCUT2D eigenvalue weighted by molar-refractivity contribution is 0.104. The predicted octanol–water partition coefficient (Wildman–Crippen LogP) is 3.47. The molecule has 4 heteroatoms. The van der Waals surface area contributed by atoms with Crippen molar-refractivity contribution in [3.8, 4) is 5.75 Å². The first-order valence-corrected chi connectivity index (χ1v) is 6.62. The molecule has 0 unspecified atom stereocenters. The number of aryl methyl sites for hydroxylation is 1. The van der Waals surface area contributed by atoms with E-state index in [1.54, 1.807) is 18.3 Å². The standard InChI is InChI=1S/C14H15NO2S/c1-9(2)17-12-6-4-11(5-7-12)14(16)13-8-15-10(3)18-13/h4-9H,1-3H3. The highest BCUT2D eigenvalue weighted by Crippen LogP contribution is 2.19. The van der Waals surface area contributed by atoms with Crippen LogP contribution in [0.25, 0.3) is 0 Å². The van der Waals surface area contributed by atoms with Gasteiger partial charge < -0.3 is 4.74 Å². The molecule has 1 heterocycles. The molecule has 0 radical (unpaired) electrons. The van der Waals surface area contributed by atoms with Crippen molar-refractivity contribution in [3.05, 3.63) is 45.9 Å². The Hall–Kier alpha value is -1.68. The number of benzene rings is 1. The smallest absolute Gasteiger partial charge is 0.204 e. The van der Waals surface area contributed by atoms with Crippen LogP contribution < -0.4 is 4.74 Å². The number of hydrogen-bond acceptors (Lipinski definition) is 4. The lowest BCUT2D eigenvalue weighted by Crippen LogP contribution is -2.06. The zero-order valence-electron chi connectivity index (χ0n) is 10.6. The number of ketones is 1. The molecule has 0 spiro atoms. The van der Waals surface area contributed by atoms with E-state index in [1.165, 1.54) is 11.3 Å². The van der Waals surface area contributed by atoms with Crippen LogP contribution in [-0.4, -0.2) is 16.9 Å². The van der Waals surface area contributed by atoms with Crippen LogP contribution in [0.3, 0.4) is 0 Å². The monoisotopic (exact) mass is 261 g/mol. The molecule has 0 atom stereocenters. The molecule has 0 fully saturated rings. The number of aromatic nitrogens is 1. The predicted molar refractivity (Wildman–Crippen MR) is 72.5 cm³/mol. The second kappa shape index (κ2) is 5.31. The van der Waals surface area contributed by atoms with Crippen molar-refractivity contribution in [1.29, 1.82) is 0 Å². The summed E-state index contributed by atoms with van der Waals surface area (Å²) < 4.78 is 5.54. The highest BCUT2D eigenvalue weighted by atomic mass is 32.1. The molecule has 0 aliphatic heterocycles. The maximum Gasteiger partial charge on any atom is 0.204 e. The van der Waals surface area contributed by atoms with Crippen molar-refractivity contribution in [2.75, 3.05) is 0 Å². The number of carbonyl (C=O) groups is 1. The van der Waals surface area contributed by atoms with Gasteiger partial charge in [0.05, 0.1) is 16.0 Å². The van der Waals surface area contributed by atoms with E-state index in [9.17, 15) is 4.79 Å². The minimum atomic E-state index is 0.0108. The fraction of sp³-hybridized carbons (Fsp3) is 0.286. The van der Waals surface area contributed by atoms with Crippen LogP contribution in [-0.2, 0) is 0 Å². The maximum atomic E-state index is 12.1. The third kappa shape index (κ3) is 2.96. The lowest BCUT2D eigenvalue weighted by Gasteiger charge is -2.09. The Morgan fingerprint density at radius 1 is 1.28 bits per heavy atom. The average Bonchev–Trinajstić information content (AvgIpc) is 2.75. The van der Waals surface area contributed by atoms with E-state index in [1.807, 2.05) is 32.9 Å². The van der Waals surface area contributed by atoms with E-state index in [4.69, 9.17) is 4.74 Å². The summed E-state index contributed by atoms with van der Waals surface area (Å²) >= 11 is 1.41. The molecule has 1 aromatic carbocycles. The van der Waals surface area contributed by atoms with Crippen molar-refractivity contribution < 1.29 is 9.53 Å². The van der Waals surface area contributed by atoms with Gasteiger partial charge in [-0.2, -0.15) is 0 Å². The van der Waals surface area contributed by atoms with Gasteiger partial charge >= 0.3 is 0 Å². The van der Waals surface area contributed by atoms with Gasteiger partial charge in [-0.1, -0.05) is 0 Å². The number of nitrogens with zero attached hydrogens (tertiary/aromatic N) is 1. The first-order chi connectivity index (χ1) is 8.56. The fourth-order valence-electron chi connectivity index (χ4n) is 1.57. The van der Waals surface area contributed by atoms with E-state index in [2.05, 4.69) is 4.98 Å². The molecule has 0 aliphatic rings. The summed E-state index contributed by atoms with van der Waals surface area (Å²) in [6.07, 6.45) is 1.76. The van der Waals surface area contributed by atoms with Crippen LogP contribution in [0.2, 0.25) is 0 Å². The molecule has 2 rings (SSSR count). The van der Waals surface area contributed by atoms with Gasteiger partial charge in [0, 0.05) is 11.8 Å². The summed E-state index contributed by atoms with van der Waals surface area (Å²) in [6, 6.07) is 7.21. The number of ether oxygens (including phenoxy) is 1. The molecule has 94 valence electrons. The molecular formula is C14H15NO2S. The van der Waals surface area contributed by atoms with Gasteiger partial charge in [0.1, 0.15) is 5.75 Å². The lowest BCUT2D eigenvalue weighted by atomic mass is 10.1. The zero-order chi connectivity index (χ0) is 13.1. The molecule has 0 bridgehead atoms. The Balaban J connectivity index is 2.17. The average molecular weight is 261 g/mol. The Bertz CT molecular complexity index is 543. The molecule has 0 aliphatic carbocycles. The van der Waals surface area contributed by atoms with Crippen LogP contribution in [0.1, 0.15) is 34.1 Å². The van der Waals surface area contributed by atoms with Gasteiger partial charge in [0.15, 0.2) is 0 Å². The van der Waals surface area contributed by atoms with Crippen LogP contribution >= 0.6 is 11.3 Å².